The van der Waals surface area contributed by atoms with Crippen molar-refractivity contribution in [3.63, 3.8) is 0 Å². The van der Waals surface area contributed by atoms with Gasteiger partial charge in [0.15, 0.2) is 0 Å². The zero-order chi connectivity index (χ0) is 11.7. The van der Waals surface area contributed by atoms with E-state index in [1.54, 1.807) is 7.11 Å². The summed E-state index contributed by atoms with van der Waals surface area (Å²) in [5.41, 5.74) is 0.0413. The number of rotatable bonds is 3. The van der Waals surface area contributed by atoms with Gasteiger partial charge in [-0.05, 0) is 25.7 Å². The SMILES string of the molecule is COCC1NCCOC12CCN(C1CC1)CC2. The summed E-state index contributed by atoms with van der Waals surface area (Å²) in [7, 11) is 1.78. The molecule has 0 radical (unpaired) electrons. The predicted octanol–water partition coefficient (Wildman–Crippen LogP) is 0.618. The van der Waals surface area contributed by atoms with Crippen LogP contribution in [0.5, 0.6) is 0 Å². The Morgan fingerprint density at radius 3 is 2.76 bits per heavy atom. The molecule has 0 bridgehead atoms. The molecule has 0 aromatic carbocycles. The average Bonchev–Trinajstić information content (AvgIpc) is 3.18. The second kappa shape index (κ2) is 4.84. The van der Waals surface area contributed by atoms with Crippen LogP contribution in [-0.4, -0.2) is 62.5 Å². The number of hydrogen-bond acceptors (Lipinski definition) is 4. The Labute approximate surface area is 104 Å². The third-order valence-electron chi connectivity index (χ3n) is 4.56. The lowest BCUT2D eigenvalue weighted by Crippen LogP contribution is -2.63. The van der Waals surface area contributed by atoms with Gasteiger partial charge in [0.05, 0.1) is 24.9 Å². The lowest BCUT2D eigenvalue weighted by molar-refractivity contribution is -0.139. The predicted molar refractivity (Wildman–Crippen MR) is 66.2 cm³/mol. The summed E-state index contributed by atoms with van der Waals surface area (Å²) < 4.78 is 11.5. The number of piperidine rings is 1. The topological polar surface area (TPSA) is 33.7 Å². The quantitative estimate of drug-likeness (QED) is 0.784. The van der Waals surface area contributed by atoms with Gasteiger partial charge in [0.25, 0.3) is 0 Å². The van der Waals surface area contributed by atoms with Crippen LogP contribution >= 0.6 is 0 Å². The van der Waals surface area contributed by atoms with E-state index >= 15 is 0 Å². The molecule has 1 atom stereocenters. The highest BCUT2D eigenvalue weighted by molar-refractivity contribution is 5.01. The average molecular weight is 240 g/mol. The molecule has 0 aromatic heterocycles. The van der Waals surface area contributed by atoms with Crippen LogP contribution in [0.1, 0.15) is 25.7 Å². The Bertz CT molecular complexity index is 258. The third kappa shape index (κ3) is 2.36. The van der Waals surface area contributed by atoms with Gasteiger partial charge in [0.2, 0.25) is 0 Å². The molecule has 17 heavy (non-hydrogen) atoms. The van der Waals surface area contributed by atoms with Gasteiger partial charge < -0.3 is 19.7 Å². The molecule has 1 aliphatic carbocycles. The maximum Gasteiger partial charge on any atom is 0.0882 e. The standard InChI is InChI=1S/C13H24N2O2/c1-16-10-12-13(17-9-6-14-12)4-7-15(8-5-13)11-2-3-11/h11-12,14H,2-10H2,1H3. The summed E-state index contributed by atoms with van der Waals surface area (Å²) in [5, 5.41) is 3.57. The molecule has 1 saturated carbocycles. The molecular weight excluding hydrogens is 216 g/mol. The number of hydrogen-bond donors (Lipinski definition) is 1. The van der Waals surface area contributed by atoms with E-state index in [0.29, 0.717) is 6.04 Å². The summed E-state index contributed by atoms with van der Waals surface area (Å²) >= 11 is 0. The van der Waals surface area contributed by atoms with Gasteiger partial charge in [-0.3, -0.25) is 0 Å². The maximum absolute atomic E-state index is 6.15. The van der Waals surface area contributed by atoms with Crippen molar-refractivity contribution >= 4 is 0 Å². The van der Waals surface area contributed by atoms with Crippen LogP contribution in [0, 0.1) is 0 Å². The molecular formula is C13H24N2O2. The van der Waals surface area contributed by atoms with Gasteiger partial charge in [-0.1, -0.05) is 0 Å². The van der Waals surface area contributed by atoms with Gasteiger partial charge in [0.1, 0.15) is 0 Å². The van der Waals surface area contributed by atoms with Crippen LogP contribution in [0.25, 0.3) is 0 Å². The molecule has 2 saturated heterocycles. The minimum absolute atomic E-state index is 0.0413. The minimum Gasteiger partial charge on any atom is -0.383 e. The fraction of sp³-hybridized carbons (Fsp3) is 1.00. The second-order valence-electron chi connectivity index (χ2n) is 5.64. The van der Waals surface area contributed by atoms with Gasteiger partial charge in [0, 0.05) is 32.8 Å². The molecule has 3 rings (SSSR count). The van der Waals surface area contributed by atoms with Crippen molar-refractivity contribution in [2.24, 2.45) is 0 Å². The van der Waals surface area contributed by atoms with Crippen molar-refractivity contribution in [2.75, 3.05) is 40.0 Å². The van der Waals surface area contributed by atoms with E-state index < -0.39 is 0 Å². The zero-order valence-corrected chi connectivity index (χ0v) is 10.8. The fourth-order valence-corrected chi connectivity index (χ4v) is 3.35. The van der Waals surface area contributed by atoms with E-state index in [1.807, 2.05) is 0 Å². The monoisotopic (exact) mass is 240 g/mol. The number of methoxy groups -OCH3 is 1. The molecule has 4 heteroatoms. The second-order valence-corrected chi connectivity index (χ2v) is 5.64. The smallest absolute Gasteiger partial charge is 0.0882 e. The Morgan fingerprint density at radius 2 is 2.12 bits per heavy atom. The Morgan fingerprint density at radius 1 is 1.35 bits per heavy atom. The first kappa shape index (κ1) is 11.9. The molecule has 2 heterocycles. The summed E-state index contributed by atoms with van der Waals surface area (Å²) in [6, 6.07) is 1.27. The number of nitrogens with one attached hydrogen (secondary N) is 1. The van der Waals surface area contributed by atoms with Gasteiger partial charge in [-0.2, -0.15) is 0 Å². The Balaban J connectivity index is 1.62. The first-order chi connectivity index (χ1) is 8.34. The molecule has 98 valence electrons. The molecule has 1 N–H and O–H groups in total. The van der Waals surface area contributed by atoms with Crippen LogP contribution in [0.2, 0.25) is 0 Å². The number of ether oxygens (including phenoxy) is 2. The highest BCUT2D eigenvalue weighted by atomic mass is 16.5. The van der Waals surface area contributed by atoms with Crippen LogP contribution < -0.4 is 5.32 Å². The first-order valence-corrected chi connectivity index (χ1v) is 6.94. The van der Waals surface area contributed by atoms with E-state index in [0.717, 1.165) is 38.6 Å². The van der Waals surface area contributed by atoms with Crippen LogP contribution in [0.3, 0.4) is 0 Å². The highest BCUT2D eigenvalue weighted by Crippen LogP contribution is 2.36. The molecule has 0 amide bonds. The largest absolute Gasteiger partial charge is 0.383 e. The van der Waals surface area contributed by atoms with E-state index in [4.69, 9.17) is 9.47 Å². The molecule has 4 nitrogen and oxygen atoms in total. The Hall–Kier alpha value is -0.160. The van der Waals surface area contributed by atoms with Gasteiger partial charge in [-0.15, -0.1) is 0 Å². The summed E-state index contributed by atoms with van der Waals surface area (Å²) in [5.74, 6) is 0. The molecule has 3 aliphatic rings. The summed E-state index contributed by atoms with van der Waals surface area (Å²) in [6.45, 7) is 4.98. The van der Waals surface area contributed by atoms with Crippen molar-refractivity contribution in [3.05, 3.63) is 0 Å². The molecule has 1 unspecified atom stereocenters. The van der Waals surface area contributed by atoms with Gasteiger partial charge in [-0.25, -0.2) is 0 Å². The lowest BCUT2D eigenvalue weighted by atomic mass is 9.83. The molecule has 0 aromatic rings. The maximum atomic E-state index is 6.15. The van der Waals surface area contributed by atoms with Crippen molar-refractivity contribution < 1.29 is 9.47 Å². The van der Waals surface area contributed by atoms with Crippen molar-refractivity contribution in [3.8, 4) is 0 Å². The van der Waals surface area contributed by atoms with Crippen LogP contribution in [0.4, 0.5) is 0 Å². The minimum atomic E-state index is 0.0413. The van der Waals surface area contributed by atoms with E-state index in [1.165, 1.54) is 25.9 Å². The molecule has 2 aliphatic heterocycles. The van der Waals surface area contributed by atoms with E-state index in [-0.39, 0.29) is 5.60 Å². The third-order valence-corrected chi connectivity index (χ3v) is 4.56. The summed E-state index contributed by atoms with van der Waals surface area (Å²) in [4.78, 5) is 2.65. The lowest BCUT2D eigenvalue weighted by Gasteiger charge is -2.49. The van der Waals surface area contributed by atoms with E-state index in [9.17, 15) is 0 Å². The molecule has 1 spiro atoms. The Kier molecular flexibility index (Phi) is 3.39. The van der Waals surface area contributed by atoms with Crippen LogP contribution in [-0.2, 0) is 9.47 Å². The van der Waals surface area contributed by atoms with Crippen molar-refractivity contribution in [1.82, 2.24) is 10.2 Å². The molecule has 3 fully saturated rings. The normalized spacial score (nSPS) is 34.1. The summed E-state index contributed by atoms with van der Waals surface area (Å²) in [6.07, 6.45) is 5.14. The number of nitrogens with zero attached hydrogens (tertiary/aromatic N) is 1. The highest BCUT2D eigenvalue weighted by Gasteiger charge is 2.46. The van der Waals surface area contributed by atoms with E-state index in [2.05, 4.69) is 10.2 Å². The fourth-order valence-electron chi connectivity index (χ4n) is 3.35. The zero-order valence-electron chi connectivity index (χ0n) is 10.8. The van der Waals surface area contributed by atoms with Crippen molar-refractivity contribution in [1.29, 1.82) is 0 Å². The van der Waals surface area contributed by atoms with Crippen molar-refractivity contribution in [2.45, 2.75) is 43.4 Å². The van der Waals surface area contributed by atoms with Gasteiger partial charge >= 0.3 is 0 Å². The van der Waals surface area contributed by atoms with Crippen LogP contribution in [0.15, 0.2) is 0 Å². The number of morpholine rings is 1. The number of likely N-dealkylation sites (tertiary alicyclic amines) is 1. The first-order valence-electron chi connectivity index (χ1n) is 6.94.